The number of hydrogen-bond acceptors (Lipinski definition) is 3. The minimum Gasteiger partial charge on any atom is -0.375 e. The van der Waals surface area contributed by atoms with Gasteiger partial charge < -0.3 is 14.6 Å². The zero-order valence-electron chi connectivity index (χ0n) is 17.0. The molecular weight excluding hydrogens is 338 g/mol. The first kappa shape index (κ1) is 21.4. The third-order valence-corrected chi connectivity index (χ3v) is 4.89. The minimum atomic E-state index is -0.0610. The number of unbranched alkanes of at least 4 members (excludes halogenated alkanes) is 6. The Morgan fingerprint density at radius 2 is 1.81 bits per heavy atom. The average Bonchev–Trinajstić information content (AvgIpc) is 3.02. The maximum absolute atomic E-state index is 11.5. The van der Waals surface area contributed by atoms with E-state index < -0.39 is 0 Å². The van der Waals surface area contributed by atoms with Gasteiger partial charge in [0.1, 0.15) is 12.4 Å². The molecule has 27 heavy (non-hydrogen) atoms. The lowest BCUT2D eigenvalue weighted by Crippen LogP contribution is -2.28. The Bertz CT molecular complexity index is 681. The van der Waals surface area contributed by atoms with E-state index in [0.717, 1.165) is 30.7 Å². The summed E-state index contributed by atoms with van der Waals surface area (Å²) in [6.45, 7) is 4.06. The van der Waals surface area contributed by atoms with Crippen molar-refractivity contribution in [2.45, 2.75) is 71.3 Å². The third-order valence-electron chi connectivity index (χ3n) is 4.89. The summed E-state index contributed by atoms with van der Waals surface area (Å²) in [5.74, 6) is 1.07. The summed E-state index contributed by atoms with van der Waals surface area (Å²) in [6, 6.07) is 8.37. The summed E-state index contributed by atoms with van der Waals surface area (Å²) in [4.78, 5) is 16.3. The highest BCUT2D eigenvalue weighted by molar-refractivity contribution is 5.77. The highest BCUT2D eigenvalue weighted by Gasteiger charge is 2.10. The molecule has 0 saturated heterocycles. The fourth-order valence-electron chi connectivity index (χ4n) is 3.45. The number of aromatic nitrogens is 2. The van der Waals surface area contributed by atoms with Crippen molar-refractivity contribution in [2.24, 2.45) is 0 Å². The number of ether oxygens (including phenoxy) is 1. The van der Waals surface area contributed by atoms with Crippen LogP contribution in [-0.2, 0) is 22.5 Å². The van der Waals surface area contributed by atoms with E-state index in [-0.39, 0.29) is 12.5 Å². The first-order chi connectivity index (χ1) is 13.3. The van der Waals surface area contributed by atoms with Crippen molar-refractivity contribution in [1.82, 2.24) is 14.9 Å². The zero-order valence-corrected chi connectivity index (χ0v) is 17.0. The lowest BCUT2D eigenvalue weighted by Gasteiger charge is -2.10. The topological polar surface area (TPSA) is 56.2 Å². The van der Waals surface area contributed by atoms with E-state index >= 15 is 0 Å². The number of rotatable bonds is 14. The second-order valence-electron chi connectivity index (χ2n) is 7.18. The van der Waals surface area contributed by atoms with Crippen LogP contribution in [0.5, 0.6) is 0 Å². The van der Waals surface area contributed by atoms with Crippen LogP contribution >= 0.6 is 0 Å². The van der Waals surface area contributed by atoms with Crippen LogP contribution in [0.25, 0.3) is 11.0 Å². The Balaban J connectivity index is 1.85. The van der Waals surface area contributed by atoms with Crippen LogP contribution in [0.3, 0.4) is 0 Å². The van der Waals surface area contributed by atoms with Gasteiger partial charge in [0.2, 0.25) is 5.91 Å². The highest BCUT2D eigenvalue weighted by atomic mass is 16.5. The molecule has 5 heteroatoms. The number of para-hydroxylation sites is 2. The predicted molar refractivity (Wildman–Crippen MR) is 111 cm³/mol. The van der Waals surface area contributed by atoms with Crippen molar-refractivity contribution in [3.8, 4) is 0 Å². The summed E-state index contributed by atoms with van der Waals surface area (Å²) in [6.07, 6.45) is 10.9. The maximum Gasteiger partial charge on any atom is 0.245 e. The molecule has 0 unspecified atom stereocenters. The van der Waals surface area contributed by atoms with Crippen molar-refractivity contribution in [3.63, 3.8) is 0 Å². The predicted octanol–water partition coefficient (Wildman–Crippen LogP) is 4.48. The van der Waals surface area contributed by atoms with E-state index in [1.54, 1.807) is 0 Å². The van der Waals surface area contributed by atoms with Crippen LogP contribution in [0.1, 0.15) is 64.1 Å². The molecule has 2 aromatic rings. The lowest BCUT2D eigenvalue weighted by molar-refractivity contribution is -0.124. The summed E-state index contributed by atoms with van der Waals surface area (Å²) in [5, 5.41) is 2.88. The van der Waals surface area contributed by atoms with Gasteiger partial charge in [-0.15, -0.1) is 0 Å². The molecule has 0 aliphatic rings. The smallest absolute Gasteiger partial charge is 0.245 e. The molecule has 0 aliphatic heterocycles. The standard InChI is InChI=1S/C22H35N3O2/c1-3-4-5-6-7-8-11-17-25-20-14-10-9-13-19(20)24-21(25)15-12-16-23-22(26)18-27-2/h9-10,13-14H,3-8,11-12,15-18H2,1-2H3,(H,23,26). The number of aryl methyl sites for hydroxylation is 2. The van der Waals surface area contributed by atoms with E-state index in [2.05, 4.69) is 35.0 Å². The van der Waals surface area contributed by atoms with Crippen molar-refractivity contribution in [2.75, 3.05) is 20.3 Å². The molecule has 0 aliphatic carbocycles. The van der Waals surface area contributed by atoms with Gasteiger partial charge in [0.05, 0.1) is 11.0 Å². The highest BCUT2D eigenvalue weighted by Crippen LogP contribution is 2.18. The second kappa shape index (κ2) is 12.5. The molecule has 0 spiro atoms. The molecule has 1 heterocycles. The van der Waals surface area contributed by atoms with Gasteiger partial charge in [-0.05, 0) is 25.0 Å². The fraction of sp³-hybridized carbons (Fsp3) is 0.636. The van der Waals surface area contributed by atoms with Gasteiger partial charge in [-0.3, -0.25) is 4.79 Å². The van der Waals surface area contributed by atoms with Gasteiger partial charge in [-0.25, -0.2) is 4.98 Å². The van der Waals surface area contributed by atoms with Crippen LogP contribution in [0.2, 0.25) is 0 Å². The van der Waals surface area contributed by atoms with Crippen molar-refractivity contribution in [3.05, 3.63) is 30.1 Å². The van der Waals surface area contributed by atoms with E-state index in [9.17, 15) is 4.79 Å². The number of methoxy groups -OCH3 is 1. The van der Waals surface area contributed by atoms with Crippen LogP contribution < -0.4 is 5.32 Å². The van der Waals surface area contributed by atoms with Gasteiger partial charge in [0.25, 0.3) is 0 Å². The normalized spacial score (nSPS) is 11.2. The van der Waals surface area contributed by atoms with Crippen LogP contribution in [0, 0.1) is 0 Å². The Hall–Kier alpha value is -1.88. The molecular formula is C22H35N3O2. The summed E-state index contributed by atoms with van der Waals surface area (Å²) < 4.78 is 7.21. The zero-order chi connectivity index (χ0) is 19.3. The molecule has 1 aromatic heterocycles. The lowest BCUT2D eigenvalue weighted by atomic mass is 10.1. The Kier molecular flexibility index (Phi) is 9.91. The largest absolute Gasteiger partial charge is 0.375 e. The molecule has 1 N–H and O–H groups in total. The number of fused-ring (bicyclic) bond motifs is 1. The molecule has 0 saturated carbocycles. The molecule has 2 rings (SSSR count). The molecule has 1 aromatic carbocycles. The van der Waals surface area contributed by atoms with Crippen LogP contribution in [0.4, 0.5) is 0 Å². The number of nitrogens with one attached hydrogen (secondary N) is 1. The van der Waals surface area contributed by atoms with E-state index in [4.69, 9.17) is 9.72 Å². The number of benzene rings is 1. The van der Waals surface area contributed by atoms with E-state index in [1.807, 2.05) is 6.07 Å². The minimum absolute atomic E-state index is 0.0610. The molecule has 1 amide bonds. The first-order valence-electron chi connectivity index (χ1n) is 10.5. The SMILES string of the molecule is CCCCCCCCCn1c(CCCNC(=O)COC)nc2ccccc21. The van der Waals surface area contributed by atoms with Gasteiger partial charge in [-0.1, -0.05) is 57.6 Å². The van der Waals surface area contributed by atoms with Gasteiger partial charge in [0, 0.05) is 26.6 Å². The Morgan fingerprint density at radius 1 is 1.07 bits per heavy atom. The van der Waals surface area contributed by atoms with E-state index in [0.29, 0.717) is 6.54 Å². The summed E-state index contributed by atoms with van der Waals surface area (Å²) in [7, 11) is 1.53. The fourth-order valence-corrected chi connectivity index (χ4v) is 3.45. The summed E-state index contributed by atoms with van der Waals surface area (Å²) >= 11 is 0. The second-order valence-corrected chi connectivity index (χ2v) is 7.18. The number of carbonyl (C=O) groups is 1. The molecule has 0 fully saturated rings. The third kappa shape index (κ3) is 7.33. The number of hydrogen-bond donors (Lipinski definition) is 1. The number of imidazole rings is 1. The molecule has 150 valence electrons. The maximum atomic E-state index is 11.5. The molecule has 0 radical (unpaired) electrons. The van der Waals surface area contributed by atoms with Crippen LogP contribution in [0.15, 0.2) is 24.3 Å². The van der Waals surface area contributed by atoms with Gasteiger partial charge in [0.15, 0.2) is 0 Å². The monoisotopic (exact) mass is 373 g/mol. The summed E-state index contributed by atoms with van der Waals surface area (Å²) in [5.41, 5.74) is 2.29. The Morgan fingerprint density at radius 3 is 2.59 bits per heavy atom. The molecule has 5 nitrogen and oxygen atoms in total. The van der Waals surface area contributed by atoms with Gasteiger partial charge >= 0.3 is 0 Å². The molecule has 0 bridgehead atoms. The number of carbonyl (C=O) groups excluding carboxylic acids is 1. The first-order valence-corrected chi connectivity index (χ1v) is 10.5. The van der Waals surface area contributed by atoms with Crippen molar-refractivity contribution >= 4 is 16.9 Å². The van der Waals surface area contributed by atoms with Gasteiger partial charge in [-0.2, -0.15) is 0 Å². The Labute approximate surface area is 163 Å². The molecule has 0 atom stereocenters. The van der Waals surface area contributed by atoms with Crippen molar-refractivity contribution < 1.29 is 9.53 Å². The van der Waals surface area contributed by atoms with Crippen molar-refractivity contribution in [1.29, 1.82) is 0 Å². The average molecular weight is 374 g/mol. The number of amides is 1. The number of nitrogens with zero attached hydrogens (tertiary/aromatic N) is 2. The quantitative estimate of drug-likeness (QED) is 0.497. The van der Waals surface area contributed by atoms with E-state index in [1.165, 1.54) is 57.6 Å². The van der Waals surface area contributed by atoms with Crippen LogP contribution in [-0.4, -0.2) is 35.7 Å².